The number of thiol groups is 1. The van der Waals surface area contributed by atoms with E-state index >= 15 is 0 Å². The summed E-state index contributed by atoms with van der Waals surface area (Å²) in [6.45, 7) is 2.32. The summed E-state index contributed by atoms with van der Waals surface area (Å²) in [5, 5.41) is 3.67. The SMILES string of the molecule is CC1CCC(N(C(=O)Nc2ncc(S)s2)C2CCCCC2)CC1. The van der Waals surface area contributed by atoms with Crippen LogP contribution in [0.25, 0.3) is 0 Å². The Morgan fingerprint density at radius 1 is 1.17 bits per heavy atom. The first-order valence-electron chi connectivity index (χ1n) is 8.87. The third-order valence-electron chi connectivity index (χ3n) is 5.29. The van der Waals surface area contributed by atoms with E-state index in [2.05, 4.69) is 34.8 Å². The first-order valence-corrected chi connectivity index (χ1v) is 10.1. The second-order valence-electron chi connectivity index (χ2n) is 7.05. The predicted molar refractivity (Wildman–Crippen MR) is 98.5 cm³/mol. The van der Waals surface area contributed by atoms with Gasteiger partial charge in [-0.2, -0.15) is 0 Å². The van der Waals surface area contributed by atoms with Crippen LogP contribution in [0.15, 0.2) is 10.4 Å². The third kappa shape index (κ3) is 4.41. The average Bonchev–Trinajstić information content (AvgIpc) is 2.95. The number of aromatic nitrogens is 1. The molecule has 1 N–H and O–H groups in total. The minimum atomic E-state index is 0.0409. The Kier molecular flexibility index (Phi) is 5.85. The Morgan fingerprint density at radius 3 is 2.43 bits per heavy atom. The minimum Gasteiger partial charge on any atom is -0.319 e. The van der Waals surface area contributed by atoms with E-state index in [1.165, 1.54) is 43.4 Å². The maximum atomic E-state index is 13.0. The number of nitrogens with one attached hydrogen (secondary N) is 1. The molecule has 23 heavy (non-hydrogen) atoms. The lowest BCUT2D eigenvalue weighted by Gasteiger charge is -2.42. The Morgan fingerprint density at radius 2 is 1.83 bits per heavy atom. The topological polar surface area (TPSA) is 45.2 Å². The molecule has 0 spiro atoms. The largest absolute Gasteiger partial charge is 0.324 e. The maximum Gasteiger partial charge on any atom is 0.324 e. The molecule has 2 fully saturated rings. The molecule has 2 aliphatic carbocycles. The van der Waals surface area contributed by atoms with Crippen LogP contribution in [0.2, 0.25) is 0 Å². The molecule has 2 saturated carbocycles. The normalized spacial score (nSPS) is 26.0. The second-order valence-corrected chi connectivity index (χ2v) is 8.86. The molecule has 4 nitrogen and oxygen atoms in total. The highest BCUT2D eigenvalue weighted by Gasteiger charge is 2.33. The lowest BCUT2D eigenvalue weighted by atomic mass is 9.84. The van der Waals surface area contributed by atoms with Gasteiger partial charge < -0.3 is 4.90 Å². The van der Waals surface area contributed by atoms with Gasteiger partial charge in [0.15, 0.2) is 5.13 Å². The summed E-state index contributed by atoms with van der Waals surface area (Å²) >= 11 is 5.71. The molecule has 1 aromatic heterocycles. The lowest BCUT2D eigenvalue weighted by molar-refractivity contribution is 0.105. The Hall–Kier alpha value is -0.750. The van der Waals surface area contributed by atoms with Crippen LogP contribution in [-0.2, 0) is 0 Å². The predicted octanol–water partition coefficient (Wildman–Crippen LogP) is 5.18. The van der Waals surface area contributed by atoms with Crippen LogP contribution in [-0.4, -0.2) is 28.0 Å². The Bertz CT molecular complexity index is 520. The highest BCUT2D eigenvalue weighted by Crippen LogP contribution is 2.33. The number of urea groups is 1. The fourth-order valence-corrected chi connectivity index (χ4v) is 4.85. The summed E-state index contributed by atoms with van der Waals surface area (Å²) in [5.41, 5.74) is 0. The number of hydrogen-bond donors (Lipinski definition) is 2. The zero-order valence-corrected chi connectivity index (χ0v) is 15.5. The Labute approximate surface area is 148 Å². The van der Waals surface area contributed by atoms with Crippen molar-refractivity contribution in [3.8, 4) is 0 Å². The van der Waals surface area contributed by atoms with E-state index < -0.39 is 0 Å². The quantitative estimate of drug-likeness (QED) is 0.736. The summed E-state index contributed by atoms with van der Waals surface area (Å²) in [5.74, 6) is 0.799. The van der Waals surface area contributed by atoms with E-state index in [-0.39, 0.29) is 6.03 Å². The maximum absolute atomic E-state index is 13.0. The standard InChI is InChI=1S/C17H27N3OS2/c1-12-7-9-14(10-8-12)20(13-5-3-2-4-6-13)17(21)19-16-18-11-15(22)23-16/h11-14,22H,2-10H2,1H3,(H,18,19,21). The molecule has 0 bridgehead atoms. The number of rotatable bonds is 3. The summed E-state index contributed by atoms with van der Waals surface area (Å²) in [6.07, 6.45) is 12.5. The first-order chi connectivity index (χ1) is 11.1. The molecule has 6 heteroatoms. The van der Waals surface area contributed by atoms with Crippen molar-refractivity contribution in [1.29, 1.82) is 0 Å². The average molecular weight is 354 g/mol. The zero-order valence-electron chi connectivity index (χ0n) is 13.8. The van der Waals surface area contributed by atoms with Crippen LogP contribution < -0.4 is 5.32 Å². The molecule has 1 aromatic rings. The fourth-order valence-electron chi connectivity index (χ4n) is 3.99. The molecule has 2 aliphatic rings. The van der Waals surface area contributed by atoms with Gasteiger partial charge in [0.25, 0.3) is 0 Å². The first kappa shape index (κ1) is 17.1. The number of carbonyl (C=O) groups excluding carboxylic acids is 1. The van der Waals surface area contributed by atoms with Crippen molar-refractivity contribution in [2.75, 3.05) is 5.32 Å². The van der Waals surface area contributed by atoms with Gasteiger partial charge in [0.05, 0.1) is 10.4 Å². The summed E-state index contributed by atoms with van der Waals surface area (Å²) in [6, 6.07) is 0.835. The van der Waals surface area contributed by atoms with Gasteiger partial charge in [-0.3, -0.25) is 5.32 Å². The number of carbonyl (C=O) groups is 1. The number of anilines is 1. The monoisotopic (exact) mass is 353 g/mol. The van der Waals surface area contributed by atoms with Crippen molar-refractivity contribution < 1.29 is 4.79 Å². The molecule has 2 amide bonds. The molecular weight excluding hydrogens is 326 g/mol. The van der Waals surface area contributed by atoms with E-state index in [9.17, 15) is 4.79 Å². The third-order valence-corrected chi connectivity index (χ3v) is 6.39. The van der Waals surface area contributed by atoms with E-state index in [1.54, 1.807) is 6.20 Å². The zero-order chi connectivity index (χ0) is 16.2. The van der Waals surface area contributed by atoms with Crippen LogP contribution in [0.4, 0.5) is 9.93 Å². The molecule has 0 aromatic carbocycles. The molecule has 3 rings (SSSR count). The number of amides is 2. The van der Waals surface area contributed by atoms with Gasteiger partial charge in [-0.15, -0.1) is 12.6 Å². The summed E-state index contributed by atoms with van der Waals surface area (Å²) in [7, 11) is 0. The van der Waals surface area contributed by atoms with Crippen LogP contribution >= 0.6 is 24.0 Å². The van der Waals surface area contributed by atoms with Crippen molar-refractivity contribution in [2.45, 2.75) is 81.0 Å². The van der Waals surface area contributed by atoms with Gasteiger partial charge in [0.2, 0.25) is 0 Å². The van der Waals surface area contributed by atoms with Crippen molar-refractivity contribution in [1.82, 2.24) is 9.88 Å². The van der Waals surface area contributed by atoms with Crippen molar-refractivity contribution in [2.24, 2.45) is 5.92 Å². The summed E-state index contributed by atoms with van der Waals surface area (Å²) < 4.78 is 0.830. The van der Waals surface area contributed by atoms with Crippen LogP contribution in [0.3, 0.4) is 0 Å². The highest BCUT2D eigenvalue weighted by atomic mass is 32.2. The molecule has 0 radical (unpaired) electrons. The van der Waals surface area contributed by atoms with Gasteiger partial charge in [0.1, 0.15) is 0 Å². The number of nitrogens with zero attached hydrogens (tertiary/aromatic N) is 2. The smallest absolute Gasteiger partial charge is 0.319 e. The highest BCUT2D eigenvalue weighted by molar-refractivity contribution is 7.83. The van der Waals surface area contributed by atoms with E-state index in [1.807, 2.05) is 0 Å². The molecule has 0 saturated heterocycles. The van der Waals surface area contributed by atoms with Crippen molar-refractivity contribution in [3.05, 3.63) is 6.20 Å². The van der Waals surface area contributed by atoms with Gasteiger partial charge in [-0.1, -0.05) is 37.5 Å². The Balaban J connectivity index is 1.71. The summed E-state index contributed by atoms with van der Waals surface area (Å²) in [4.78, 5) is 19.4. The van der Waals surface area contributed by atoms with Gasteiger partial charge in [0, 0.05) is 12.1 Å². The fraction of sp³-hybridized carbons (Fsp3) is 0.765. The van der Waals surface area contributed by atoms with E-state index in [0.29, 0.717) is 17.2 Å². The molecule has 0 atom stereocenters. The lowest BCUT2D eigenvalue weighted by Crippen LogP contribution is -2.51. The molecule has 0 aliphatic heterocycles. The second kappa shape index (κ2) is 7.88. The van der Waals surface area contributed by atoms with Crippen LogP contribution in [0, 0.1) is 5.92 Å². The molecular formula is C17H27N3OS2. The molecule has 0 unspecified atom stereocenters. The van der Waals surface area contributed by atoms with Crippen LogP contribution in [0.1, 0.15) is 64.7 Å². The van der Waals surface area contributed by atoms with Gasteiger partial charge in [-0.05, 0) is 44.4 Å². The van der Waals surface area contributed by atoms with Crippen LogP contribution in [0.5, 0.6) is 0 Å². The van der Waals surface area contributed by atoms with E-state index in [0.717, 1.165) is 35.8 Å². The minimum absolute atomic E-state index is 0.0409. The van der Waals surface area contributed by atoms with E-state index in [4.69, 9.17) is 0 Å². The number of hydrogen-bond acceptors (Lipinski definition) is 4. The van der Waals surface area contributed by atoms with Gasteiger partial charge in [-0.25, -0.2) is 9.78 Å². The van der Waals surface area contributed by atoms with Crippen molar-refractivity contribution >= 4 is 35.1 Å². The van der Waals surface area contributed by atoms with Gasteiger partial charge >= 0.3 is 6.03 Å². The van der Waals surface area contributed by atoms with Crippen molar-refractivity contribution in [3.63, 3.8) is 0 Å². The molecule has 128 valence electrons. The number of thiazole rings is 1. The molecule has 1 heterocycles.